The van der Waals surface area contributed by atoms with Gasteiger partial charge in [0.2, 0.25) is 5.75 Å². The molecule has 0 aliphatic carbocycles. The Morgan fingerprint density at radius 1 is 1.18 bits per heavy atom. The predicted octanol–water partition coefficient (Wildman–Crippen LogP) is 2.50. The predicted molar refractivity (Wildman–Crippen MR) is 87.1 cm³/mol. The summed E-state index contributed by atoms with van der Waals surface area (Å²) < 4.78 is 14.5. The van der Waals surface area contributed by atoms with Crippen molar-refractivity contribution in [2.45, 2.75) is 0 Å². The highest BCUT2D eigenvalue weighted by atomic mass is 79.9. The maximum absolute atomic E-state index is 12.6. The average Bonchev–Trinajstić information content (AvgIpc) is 2.86. The van der Waals surface area contributed by atoms with E-state index >= 15 is 0 Å². The number of aryl methyl sites for hydroxylation is 1. The van der Waals surface area contributed by atoms with Crippen LogP contribution in [0.4, 0.5) is 0 Å². The summed E-state index contributed by atoms with van der Waals surface area (Å²) in [6, 6.07) is 7.78. The van der Waals surface area contributed by atoms with Crippen LogP contribution in [-0.4, -0.2) is 28.6 Å². The third kappa shape index (κ3) is 2.09. The first-order valence-electron chi connectivity index (χ1n) is 6.53. The summed E-state index contributed by atoms with van der Waals surface area (Å²) in [5, 5.41) is 5.07. The lowest BCUT2D eigenvalue weighted by atomic mass is 10.2. The smallest absolute Gasteiger partial charge is 0.294 e. The molecule has 7 heteroatoms. The Kier molecular flexibility index (Phi) is 3.66. The Morgan fingerprint density at radius 2 is 1.91 bits per heavy atom. The van der Waals surface area contributed by atoms with Gasteiger partial charge in [0.1, 0.15) is 0 Å². The van der Waals surface area contributed by atoms with Crippen molar-refractivity contribution < 1.29 is 9.47 Å². The molecule has 0 fully saturated rings. The number of hydrogen-bond donors (Lipinski definition) is 0. The number of hydrogen-bond acceptors (Lipinski definition) is 4. The molecule has 6 nitrogen and oxygen atoms in total. The second-order valence-electron chi connectivity index (χ2n) is 4.68. The van der Waals surface area contributed by atoms with Crippen molar-refractivity contribution in [2.24, 2.45) is 7.05 Å². The third-order valence-corrected chi connectivity index (χ3v) is 4.08. The van der Waals surface area contributed by atoms with Crippen LogP contribution in [0.1, 0.15) is 0 Å². The number of nitrogens with zero attached hydrogens (tertiary/aromatic N) is 3. The molecule has 0 saturated carbocycles. The first-order valence-corrected chi connectivity index (χ1v) is 7.33. The zero-order chi connectivity index (χ0) is 15.9. The van der Waals surface area contributed by atoms with Crippen LogP contribution in [0.3, 0.4) is 0 Å². The number of methoxy groups -OCH3 is 2. The van der Waals surface area contributed by atoms with Gasteiger partial charge in [0.25, 0.3) is 11.4 Å². The quantitative estimate of drug-likeness (QED) is 0.717. The second-order valence-corrected chi connectivity index (χ2v) is 5.54. The molecule has 0 radical (unpaired) electrons. The van der Waals surface area contributed by atoms with E-state index in [2.05, 4.69) is 21.0 Å². The van der Waals surface area contributed by atoms with Crippen molar-refractivity contribution in [1.82, 2.24) is 14.3 Å². The molecule has 0 aliphatic rings. The first kappa shape index (κ1) is 14.6. The zero-order valence-corrected chi connectivity index (χ0v) is 13.9. The van der Waals surface area contributed by atoms with Crippen LogP contribution in [0.5, 0.6) is 11.6 Å². The van der Waals surface area contributed by atoms with E-state index in [4.69, 9.17) is 9.47 Å². The molecule has 114 valence electrons. The molecule has 3 aromatic rings. The van der Waals surface area contributed by atoms with Gasteiger partial charge in [-0.1, -0.05) is 18.2 Å². The highest BCUT2D eigenvalue weighted by Crippen LogP contribution is 2.34. The standard InChI is InChI=1S/C15H14BrN3O3/c1-18-15(20)12(13(21-2)14(17-18)22-3)19-8-10(16)9-6-4-5-7-11(9)19/h4-8H,1-3H3. The third-order valence-electron chi connectivity index (χ3n) is 3.45. The lowest BCUT2D eigenvalue weighted by Gasteiger charge is -2.14. The number of ether oxygens (including phenoxy) is 2. The minimum atomic E-state index is -0.272. The maximum atomic E-state index is 12.6. The highest BCUT2D eigenvalue weighted by Gasteiger charge is 2.21. The largest absolute Gasteiger partial charge is 0.490 e. The van der Waals surface area contributed by atoms with Gasteiger partial charge in [0, 0.05) is 23.1 Å². The van der Waals surface area contributed by atoms with Crippen LogP contribution < -0.4 is 15.0 Å². The van der Waals surface area contributed by atoms with E-state index in [1.807, 2.05) is 30.5 Å². The van der Waals surface area contributed by atoms with E-state index in [-0.39, 0.29) is 11.4 Å². The summed E-state index contributed by atoms with van der Waals surface area (Å²) >= 11 is 3.52. The van der Waals surface area contributed by atoms with E-state index in [0.717, 1.165) is 15.4 Å². The van der Waals surface area contributed by atoms with E-state index in [1.54, 1.807) is 11.6 Å². The summed E-state index contributed by atoms with van der Waals surface area (Å²) in [6.07, 6.45) is 1.84. The number of aromatic nitrogens is 3. The Balaban J connectivity index is 2.45. The van der Waals surface area contributed by atoms with Gasteiger partial charge in [-0.25, -0.2) is 4.68 Å². The van der Waals surface area contributed by atoms with Gasteiger partial charge < -0.3 is 14.0 Å². The highest BCUT2D eigenvalue weighted by molar-refractivity contribution is 9.10. The Morgan fingerprint density at radius 3 is 2.59 bits per heavy atom. The van der Waals surface area contributed by atoms with Gasteiger partial charge in [0.15, 0.2) is 5.69 Å². The summed E-state index contributed by atoms with van der Waals surface area (Å²) in [5.41, 5.74) is 0.975. The topological polar surface area (TPSA) is 58.3 Å². The van der Waals surface area contributed by atoms with Crippen LogP contribution in [0.25, 0.3) is 16.6 Å². The van der Waals surface area contributed by atoms with Gasteiger partial charge in [-0.2, -0.15) is 0 Å². The average molecular weight is 364 g/mol. The van der Waals surface area contributed by atoms with Crippen molar-refractivity contribution >= 4 is 26.8 Å². The van der Waals surface area contributed by atoms with E-state index in [1.165, 1.54) is 18.9 Å². The van der Waals surface area contributed by atoms with E-state index in [9.17, 15) is 4.79 Å². The Bertz CT molecular complexity index is 914. The van der Waals surface area contributed by atoms with Crippen LogP contribution in [0.2, 0.25) is 0 Å². The monoisotopic (exact) mass is 363 g/mol. The van der Waals surface area contributed by atoms with Gasteiger partial charge in [0.05, 0.1) is 19.7 Å². The fraction of sp³-hybridized carbons (Fsp3) is 0.200. The summed E-state index contributed by atoms with van der Waals surface area (Å²) in [5.74, 6) is 0.562. The Hall–Kier alpha value is -2.28. The number of para-hydroxylation sites is 1. The molecule has 0 spiro atoms. The lowest BCUT2D eigenvalue weighted by molar-refractivity contribution is 0.329. The minimum absolute atomic E-state index is 0.258. The number of halogens is 1. The maximum Gasteiger partial charge on any atom is 0.294 e. The molecule has 0 saturated heterocycles. The van der Waals surface area contributed by atoms with Crippen LogP contribution >= 0.6 is 15.9 Å². The van der Waals surface area contributed by atoms with E-state index < -0.39 is 0 Å². The number of benzene rings is 1. The van der Waals surface area contributed by atoms with Gasteiger partial charge in [-0.15, -0.1) is 5.10 Å². The van der Waals surface area contributed by atoms with Crippen LogP contribution in [0.15, 0.2) is 39.7 Å². The number of fused-ring (bicyclic) bond motifs is 1. The summed E-state index contributed by atoms with van der Waals surface area (Å²) in [7, 11) is 4.56. The van der Waals surface area contributed by atoms with Crippen molar-refractivity contribution in [1.29, 1.82) is 0 Å². The molecule has 1 aromatic carbocycles. The SMILES string of the molecule is COc1nn(C)c(=O)c(-n2cc(Br)c3ccccc32)c1OC. The molecule has 0 amide bonds. The molecule has 0 atom stereocenters. The molecule has 3 rings (SSSR count). The van der Waals surface area contributed by atoms with Crippen molar-refractivity contribution in [3.63, 3.8) is 0 Å². The van der Waals surface area contributed by atoms with Crippen molar-refractivity contribution in [2.75, 3.05) is 14.2 Å². The second kappa shape index (κ2) is 5.49. The van der Waals surface area contributed by atoms with Gasteiger partial charge >= 0.3 is 0 Å². The molecule has 2 heterocycles. The lowest BCUT2D eigenvalue weighted by Crippen LogP contribution is -2.25. The molecule has 2 aromatic heterocycles. The molecule has 0 aliphatic heterocycles. The number of rotatable bonds is 3. The van der Waals surface area contributed by atoms with Gasteiger partial charge in [-0.05, 0) is 22.0 Å². The minimum Gasteiger partial charge on any atom is -0.490 e. The van der Waals surface area contributed by atoms with Crippen molar-refractivity contribution in [3.05, 3.63) is 45.3 Å². The zero-order valence-electron chi connectivity index (χ0n) is 12.3. The fourth-order valence-corrected chi connectivity index (χ4v) is 2.97. The van der Waals surface area contributed by atoms with Crippen molar-refractivity contribution in [3.8, 4) is 17.3 Å². The first-order chi connectivity index (χ1) is 10.6. The van der Waals surface area contributed by atoms with Crippen LogP contribution in [-0.2, 0) is 7.05 Å². The van der Waals surface area contributed by atoms with Gasteiger partial charge in [-0.3, -0.25) is 4.79 Å². The molecule has 22 heavy (non-hydrogen) atoms. The summed E-state index contributed by atoms with van der Waals surface area (Å²) in [6.45, 7) is 0. The molecule has 0 N–H and O–H groups in total. The molecular formula is C15H14BrN3O3. The molecule has 0 bridgehead atoms. The molecule has 0 unspecified atom stereocenters. The Labute approximate surface area is 135 Å². The molecular weight excluding hydrogens is 350 g/mol. The summed E-state index contributed by atoms with van der Waals surface area (Å²) in [4.78, 5) is 12.6. The van der Waals surface area contributed by atoms with Crippen LogP contribution in [0, 0.1) is 0 Å². The van der Waals surface area contributed by atoms with E-state index in [0.29, 0.717) is 11.4 Å². The normalized spacial score (nSPS) is 10.9. The fourth-order valence-electron chi connectivity index (χ4n) is 2.43.